The molecule has 0 aromatic carbocycles. The van der Waals surface area contributed by atoms with Crippen molar-refractivity contribution in [1.29, 1.82) is 5.26 Å². The second-order valence-corrected chi connectivity index (χ2v) is 9.90. The Bertz CT molecular complexity index is 1330. The molecule has 0 radical (unpaired) electrons. The molecule has 4 heterocycles. The maximum atomic E-state index is 15.1. The third kappa shape index (κ3) is 4.27. The van der Waals surface area contributed by atoms with Crippen LogP contribution in [0, 0.1) is 25.2 Å². The van der Waals surface area contributed by atoms with E-state index in [0.717, 1.165) is 58.8 Å². The molecular weight excluding hydrogens is 443 g/mol. The normalized spacial score (nSPS) is 21.8. The number of nitriles is 1. The number of halogens is 1. The lowest BCUT2D eigenvalue weighted by molar-refractivity contribution is 0.0128. The van der Waals surface area contributed by atoms with E-state index in [1.54, 1.807) is 4.52 Å². The summed E-state index contributed by atoms with van der Waals surface area (Å²) in [6.45, 7) is 8.78. The van der Waals surface area contributed by atoms with Crippen LogP contribution in [0.15, 0.2) is 29.4 Å². The lowest BCUT2D eigenvalue weighted by Crippen LogP contribution is -2.60. The van der Waals surface area contributed by atoms with Gasteiger partial charge in [-0.2, -0.15) is 5.26 Å². The summed E-state index contributed by atoms with van der Waals surface area (Å²) < 4.78 is 16.9. The summed E-state index contributed by atoms with van der Waals surface area (Å²) in [5.74, 6) is 0.407. The molecular formula is C26H31FN8. The van der Waals surface area contributed by atoms with E-state index in [4.69, 9.17) is 4.98 Å². The molecule has 2 aliphatic rings. The molecule has 0 bridgehead atoms. The van der Waals surface area contributed by atoms with Crippen molar-refractivity contribution in [3.8, 4) is 17.3 Å². The molecule has 1 saturated heterocycles. The quantitative estimate of drug-likeness (QED) is 0.534. The van der Waals surface area contributed by atoms with E-state index < -0.39 is 11.7 Å². The Balaban J connectivity index is 1.35. The molecule has 5 rings (SSSR count). The minimum absolute atomic E-state index is 0.267. The minimum Gasteiger partial charge on any atom is -0.347 e. The number of aryl methyl sites for hydroxylation is 2. The van der Waals surface area contributed by atoms with Gasteiger partial charge in [0.2, 0.25) is 5.95 Å². The van der Waals surface area contributed by atoms with Crippen molar-refractivity contribution < 1.29 is 4.39 Å². The van der Waals surface area contributed by atoms with Gasteiger partial charge in [0, 0.05) is 30.6 Å². The maximum Gasteiger partial charge on any atom is 0.241 e. The van der Waals surface area contributed by atoms with Gasteiger partial charge in [0.25, 0.3) is 0 Å². The van der Waals surface area contributed by atoms with Crippen molar-refractivity contribution in [1.82, 2.24) is 24.5 Å². The summed E-state index contributed by atoms with van der Waals surface area (Å²) in [6.07, 6.45) is 4.12. The second-order valence-electron chi connectivity index (χ2n) is 9.90. The fraction of sp³-hybridized carbons (Fsp3) is 0.500. The average molecular weight is 475 g/mol. The number of aliphatic imine (C=N–C) groups is 1. The first kappa shape index (κ1) is 23.4. The van der Waals surface area contributed by atoms with Crippen LogP contribution in [0.25, 0.3) is 16.8 Å². The molecule has 0 amide bonds. The fourth-order valence-corrected chi connectivity index (χ4v) is 5.17. The molecule has 2 atom stereocenters. The molecule has 1 N–H and O–H groups in total. The zero-order valence-electron chi connectivity index (χ0n) is 20.7. The summed E-state index contributed by atoms with van der Waals surface area (Å²) in [5.41, 5.74) is 5.69. The average Bonchev–Trinajstić information content (AvgIpc) is 3.21. The number of aromatic nitrogens is 4. The van der Waals surface area contributed by atoms with Crippen LogP contribution in [0.4, 0.5) is 16.0 Å². The Morgan fingerprint density at radius 2 is 2.00 bits per heavy atom. The highest BCUT2D eigenvalue weighted by Gasteiger charge is 2.46. The summed E-state index contributed by atoms with van der Waals surface area (Å²) in [6, 6.07) is 7.97. The van der Waals surface area contributed by atoms with Gasteiger partial charge in [0.05, 0.1) is 40.4 Å². The predicted molar refractivity (Wildman–Crippen MR) is 135 cm³/mol. The lowest BCUT2D eigenvalue weighted by Gasteiger charge is -2.48. The number of nitrogens with one attached hydrogen (secondary N) is 1. The van der Waals surface area contributed by atoms with E-state index in [-0.39, 0.29) is 12.6 Å². The van der Waals surface area contributed by atoms with Crippen molar-refractivity contribution in [2.24, 2.45) is 4.99 Å². The van der Waals surface area contributed by atoms with E-state index in [9.17, 15) is 5.26 Å². The number of likely N-dealkylation sites (tertiary alicyclic amines) is 1. The van der Waals surface area contributed by atoms with Gasteiger partial charge in [-0.1, -0.05) is 0 Å². The van der Waals surface area contributed by atoms with Crippen LogP contribution in [0.3, 0.4) is 0 Å². The van der Waals surface area contributed by atoms with Gasteiger partial charge in [0.1, 0.15) is 11.7 Å². The van der Waals surface area contributed by atoms with Crippen molar-refractivity contribution in [3.05, 3.63) is 35.8 Å². The predicted octanol–water partition coefficient (Wildman–Crippen LogP) is 4.79. The van der Waals surface area contributed by atoms with Crippen LogP contribution >= 0.6 is 0 Å². The molecule has 0 spiro atoms. The highest BCUT2D eigenvalue weighted by molar-refractivity contribution is 5.84. The fourth-order valence-electron chi connectivity index (χ4n) is 5.17. The molecule has 8 nitrogen and oxygen atoms in total. The van der Waals surface area contributed by atoms with Crippen LogP contribution in [-0.4, -0.2) is 61.0 Å². The first-order valence-corrected chi connectivity index (χ1v) is 12.2. The number of rotatable bonds is 5. The van der Waals surface area contributed by atoms with E-state index in [1.807, 2.05) is 57.0 Å². The van der Waals surface area contributed by atoms with Crippen LogP contribution in [-0.2, 0) is 0 Å². The molecule has 1 aliphatic carbocycles. The first-order valence-electron chi connectivity index (χ1n) is 12.2. The number of anilines is 1. The van der Waals surface area contributed by atoms with Gasteiger partial charge in [-0.3, -0.25) is 14.9 Å². The van der Waals surface area contributed by atoms with Crippen LogP contribution < -0.4 is 5.32 Å². The van der Waals surface area contributed by atoms with Crippen molar-refractivity contribution >= 4 is 22.9 Å². The number of piperidine rings is 1. The van der Waals surface area contributed by atoms with E-state index >= 15 is 4.39 Å². The topological polar surface area (TPSA) is 94.5 Å². The second kappa shape index (κ2) is 9.00. The molecule has 1 aliphatic heterocycles. The molecule has 9 heteroatoms. The maximum absolute atomic E-state index is 15.1. The zero-order chi connectivity index (χ0) is 24.7. The van der Waals surface area contributed by atoms with E-state index in [0.29, 0.717) is 18.9 Å². The minimum atomic E-state index is -1.09. The van der Waals surface area contributed by atoms with Gasteiger partial charge in [0.15, 0.2) is 0 Å². The van der Waals surface area contributed by atoms with Gasteiger partial charge < -0.3 is 5.32 Å². The molecule has 1 saturated carbocycles. The van der Waals surface area contributed by atoms with Crippen LogP contribution in [0.1, 0.15) is 50.9 Å². The van der Waals surface area contributed by atoms with Gasteiger partial charge in [-0.05, 0) is 71.6 Å². The summed E-state index contributed by atoms with van der Waals surface area (Å²) in [5, 5.41) is 17.4. The number of hydrogen-bond donors (Lipinski definition) is 1. The smallest absolute Gasteiger partial charge is 0.241 e. The third-order valence-electron chi connectivity index (χ3n) is 7.21. The molecule has 3 aromatic heterocycles. The van der Waals surface area contributed by atoms with E-state index in [2.05, 4.69) is 26.5 Å². The highest BCUT2D eigenvalue weighted by Crippen LogP contribution is 2.39. The van der Waals surface area contributed by atoms with Crippen molar-refractivity contribution in [2.75, 3.05) is 18.4 Å². The Morgan fingerprint density at radius 3 is 2.63 bits per heavy atom. The van der Waals surface area contributed by atoms with Crippen LogP contribution in [0.5, 0.6) is 0 Å². The molecule has 182 valence electrons. The largest absolute Gasteiger partial charge is 0.347 e. The van der Waals surface area contributed by atoms with E-state index in [1.165, 1.54) is 0 Å². The standard InChI is InChI=1S/C26H31FN8/c1-16(2)29-21-6-7-22(30-17(21)3)19-8-13-35-24(19)18(4)31-25(33-35)32-23-9-12-34(14-20(23)27)26(15-28)10-5-11-26/h6-8,13,20,23H,5,9-12,14H2,1-4H3,(H,32,33). The Kier molecular flexibility index (Phi) is 6.01. The molecule has 2 fully saturated rings. The van der Waals surface area contributed by atoms with Crippen molar-refractivity contribution in [3.63, 3.8) is 0 Å². The Labute approximate surface area is 204 Å². The molecule has 3 aromatic rings. The number of pyridine rings is 1. The Hall–Kier alpha value is -3.38. The zero-order valence-corrected chi connectivity index (χ0v) is 20.7. The lowest BCUT2D eigenvalue weighted by atomic mass is 9.75. The third-order valence-corrected chi connectivity index (χ3v) is 7.21. The van der Waals surface area contributed by atoms with Gasteiger partial charge in [-0.25, -0.2) is 13.9 Å². The first-order chi connectivity index (χ1) is 16.8. The van der Waals surface area contributed by atoms with Gasteiger partial charge >= 0.3 is 0 Å². The monoisotopic (exact) mass is 474 g/mol. The SMILES string of the molecule is CC(C)=Nc1ccc(-c2ccn3nc(NC4CCN(C5(C#N)CCC5)CC4F)nc(C)c23)nc1C. The summed E-state index contributed by atoms with van der Waals surface area (Å²) in [4.78, 5) is 16.0. The number of hydrogen-bond acceptors (Lipinski definition) is 7. The highest BCUT2D eigenvalue weighted by atomic mass is 19.1. The summed E-state index contributed by atoms with van der Waals surface area (Å²) >= 11 is 0. The summed E-state index contributed by atoms with van der Waals surface area (Å²) in [7, 11) is 0. The number of nitrogens with zero attached hydrogens (tertiary/aromatic N) is 7. The molecule has 35 heavy (non-hydrogen) atoms. The molecule has 2 unspecified atom stereocenters. The number of fused-ring (bicyclic) bond motifs is 1. The Morgan fingerprint density at radius 1 is 1.20 bits per heavy atom. The van der Waals surface area contributed by atoms with Crippen LogP contribution in [0.2, 0.25) is 0 Å². The van der Waals surface area contributed by atoms with Gasteiger partial charge in [-0.15, -0.1) is 5.10 Å². The number of alkyl halides is 1. The van der Waals surface area contributed by atoms with Crippen molar-refractivity contribution in [2.45, 2.75) is 71.1 Å².